The number of benzene rings is 1. The lowest BCUT2D eigenvalue weighted by Gasteiger charge is -2.29. The topological polar surface area (TPSA) is 69.6 Å². The molecule has 4 nitrogen and oxygen atoms in total. The molecule has 0 unspecified atom stereocenters. The van der Waals surface area contributed by atoms with Gasteiger partial charge in [-0.1, -0.05) is 19.1 Å². The first-order valence-corrected chi connectivity index (χ1v) is 5.79. The fourth-order valence-corrected chi connectivity index (χ4v) is 1.57. The number of halogens is 1. The predicted octanol–water partition coefficient (Wildman–Crippen LogP) is 0.997. The third-order valence-electron chi connectivity index (χ3n) is 3.10. The van der Waals surface area contributed by atoms with Gasteiger partial charge in [-0.05, 0) is 25.0 Å². The van der Waals surface area contributed by atoms with Crippen molar-refractivity contribution in [2.75, 3.05) is 13.2 Å². The summed E-state index contributed by atoms with van der Waals surface area (Å²) >= 11 is 0. The van der Waals surface area contributed by atoms with Crippen LogP contribution in [0.3, 0.4) is 0 Å². The van der Waals surface area contributed by atoms with Gasteiger partial charge < -0.3 is 15.5 Å². The lowest BCUT2D eigenvalue weighted by molar-refractivity contribution is 0.0649. The predicted molar refractivity (Wildman–Crippen MR) is 65.8 cm³/mol. The van der Waals surface area contributed by atoms with Gasteiger partial charge in [-0.2, -0.15) is 0 Å². The molecular formula is C13H18FNO3. The summed E-state index contributed by atoms with van der Waals surface area (Å²) in [5.41, 5.74) is -0.833. The molecule has 0 saturated carbocycles. The van der Waals surface area contributed by atoms with Gasteiger partial charge in [0.25, 0.3) is 5.91 Å². The highest BCUT2D eigenvalue weighted by molar-refractivity contribution is 5.95. The number of carbonyl (C=O) groups is 1. The number of hydrogen-bond donors (Lipinski definition) is 3. The van der Waals surface area contributed by atoms with Crippen molar-refractivity contribution in [2.24, 2.45) is 0 Å². The van der Waals surface area contributed by atoms with Crippen LogP contribution < -0.4 is 5.32 Å². The van der Waals surface area contributed by atoms with E-state index in [1.807, 2.05) is 0 Å². The van der Waals surface area contributed by atoms with Crippen LogP contribution >= 0.6 is 0 Å². The molecule has 0 saturated heterocycles. The van der Waals surface area contributed by atoms with E-state index >= 15 is 0 Å². The molecule has 1 aromatic rings. The Morgan fingerprint density at radius 1 is 1.39 bits per heavy atom. The molecule has 18 heavy (non-hydrogen) atoms. The van der Waals surface area contributed by atoms with Gasteiger partial charge >= 0.3 is 0 Å². The molecule has 0 bridgehead atoms. The SMILES string of the molecule is CCC(CO)(CO)NC(=O)c1cccc(C)c1F. The van der Waals surface area contributed by atoms with Gasteiger partial charge in [0.2, 0.25) is 0 Å². The first-order valence-electron chi connectivity index (χ1n) is 5.79. The van der Waals surface area contributed by atoms with E-state index in [2.05, 4.69) is 5.32 Å². The number of aliphatic hydroxyl groups excluding tert-OH is 2. The largest absolute Gasteiger partial charge is 0.394 e. The van der Waals surface area contributed by atoms with Gasteiger partial charge in [0.15, 0.2) is 0 Å². The van der Waals surface area contributed by atoms with Crippen LogP contribution in [0.2, 0.25) is 0 Å². The summed E-state index contributed by atoms with van der Waals surface area (Å²) in [7, 11) is 0. The molecular weight excluding hydrogens is 237 g/mol. The molecule has 1 rings (SSSR count). The second-order valence-electron chi connectivity index (χ2n) is 4.34. The maximum absolute atomic E-state index is 13.8. The van der Waals surface area contributed by atoms with Crippen LogP contribution in [0.4, 0.5) is 4.39 Å². The van der Waals surface area contributed by atoms with Crippen molar-refractivity contribution in [1.29, 1.82) is 0 Å². The minimum Gasteiger partial charge on any atom is -0.394 e. The number of carbonyl (C=O) groups excluding carboxylic acids is 1. The Hall–Kier alpha value is -1.46. The molecule has 0 aliphatic carbocycles. The quantitative estimate of drug-likeness (QED) is 0.735. The third-order valence-corrected chi connectivity index (χ3v) is 3.10. The molecule has 0 fully saturated rings. The molecule has 0 aliphatic rings. The lowest BCUT2D eigenvalue weighted by atomic mass is 9.97. The van der Waals surface area contributed by atoms with Crippen molar-refractivity contribution in [3.63, 3.8) is 0 Å². The van der Waals surface area contributed by atoms with Crippen LogP contribution in [-0.4, -0.2) is 34.9 Å². The summed E-state index contributed by atoms with van der Waals surface area (Å²) < 4.78 is 13.8. The summed E-state index contributed by atoms with van der Waals surface area (Å²) in [4.78, 5) is 11.9. The van der Waals surface area contributed by atoms with Crippen LogP contribution in [0.1, 0.15) is 29.3 Å². The highest BCUT2D eigenvalue weighted by Gasteiger charge is 2.29. The molecule has 3 N–H and O–H groups in total. The molecule has 0 heterocycles. The molecule has 0 atom stereocenters. The zero-order valence-electron chi connectivity index (χ0n) is 10.5. The highest BCUT2D eigenvalue weighted by atomic mass is 19.1. The monoisotopic (exact) mass is 255 g/mol. The van der Waals surface area contributed by atoms with Gasteiger partial charge in [0.1, 0.15) is 5.82 Å². The number of hydrogen-bond acceptors (Lipinski definition) is 3. The van der Waals surface area contributed by atoms with E-state index in [-0.39, 0.29) is 5.56 Å². The number of amides is 1. The molecule has 100 valence electrons. The Kier molecular flexibility index (Phi) is 4.81. The van der Waals surface area contributed by atoms with Gasteiger partial charge in [-0.3, -0.25) is 4.79 Å². The maximum Gasteiger partial charge on any atom is 0.254 e. The second kappa shape index (κ2) is 5.93. The number of aliphatic hydroxyl groups is 2. The van der Waals surface area contributed by atoms with Crippen molar-refractivity contribution in [3.05, 3.63) is 35.1 Å². The Morgan fingerprint density at radius 2 is 2.00 bits per heavy atom. The van der Waals surface area contributed by atoms with E-state index in [4.69, 9.17) is 0 Å². The Balaban J connectivity index is 2.98. The third kappa shape index (κ3) is 2.86. The standard InChI is InChI=1S/C13H18FNO3/c1-3-13(7-16,8-17)15-12(18)10-6-4-5-9(2)11(10)14/h4-6,16-17H,3,7-8H2,1-2H3,(H,15,18). The van der Waals surface area contributed by atoms with Crippen molar-refractivity contribution in [3.8, 4) is 0 Å². The van der Waals surface area contributed by atoms with E-state index < -0.39 is 30.5 Å². The fourth-order valence-electron chi connectivity index (χ4n) is 1.57. The number of nitrogens with one attached hydrogen (secondary N) is 1. The average Bonchev–Trinajstić information content (AvgIpc) is 2.39. The van der Waals surface area contributed by atoms with Gasteiger partial charge in [0.05, 0.1) is 24.3 Å². The van der Waals surface area contributed by atoms with Crippen LogP contribution in [0, 0.1) is 12.7 Å². The number of rotatable bonds is 5. The minimum absolute atomic E-state index is 0.0882. The molecule has 1 aromatic carbocycles. The van der Waals surface area contributed by atoms with Crippen LogP contribution in [0.5, 0.6) is 0 Å². The summed E-state index contributed by atoms with van der Waals surface area (Å²) in [5, 5.41) is 20.9. The zero-order chi connectivity index (χ0) is 13.8. The van der Waals surface area contributed by atoms with Gasteiger partial charge in [-0.25, -0.2) is 4.39 Å². The van der Waals surface area contributed by atoms with E-state index in [1.54, 1.807) is 26.0 Å². The average molecular weight is 255 g/mol. The van der Waals surface area contributed by atoms with Crippen LogP contribution in [0.25, 0.3) is 0 Å². The molecule has 0 aliphatic heterocycles. The van der Waals surface area contributed by atoms with Crippen molar-refractivity contribution >= 4 is 5.91 Å². The smallest absolute Gasteiger partial charge is 0.254 e. The van der Waals surface area contributed by atoms with Gasteiger partial charge in [0, 0.05) is 0 Å². The first kappa shape index (κ1) is 14.6. The second-order valence-corrected chi connectivity index (χ2v) is 4.34. The number of aryl methyl sites for hydroxylation is 1. The van der Waals surface area contributed by atoms with Crippen LogP contribution in [0.15, 0.2) is 18.2 Å². The Morgan fingerprint density at radius 3 is 2.50 bits per heavy atom. The first-order chi connectivity index (χ1) is 8.49. The normalized spacial score (nSPS) is 11.4. The van der Waals surface area contributed by atoms with Crippen molar-refractivity contribution in [1.82, 2.24) is 5.32 Å². The van der Waals surface area contributed by atoms with Gasteiger partial charge in [-0.15, -0.1) is 0 Å². The Labute approximate surface area is 105 Å². The molecule has 0 radical (unpaired) electrons. The molecule has 5 heteroatoms. The summed E-state index contributed by atoms with van der Waals surface area (Å²) in [5.74, 6) is -1.22. The molecule has 0 spiro atoms. The van der Waals surface area contributed by atoms with Crippen molar-refractivity contribution < 1.29 is 19.4 Å². The highest BCUT2D eigenvalue weighted by Crippen LogP contribution is 2.15. The summed E-state index contributed by atoms with van der Waals surface area (Å²) in [6, 6.07) is 4.52. The molecule has 0 aromatic heterocycles. The minimum atomic E-state index is -1.12. The zero-order valence-corrected chi connectivity index (χ0v) is 10.5. The summed E-state index contributed by atoms with van der Waals surface area (Å²) in [6.45, 7) is 2.48. The van der Waals surface area contributed by atoms with E-state index in [0.29, 0.717) is 12.0 Å². The fraction of sp³-hybridized carbons (Fsp3) is 0.462. The molecule has 1 amide bonds. The Bertz CT molecular complexity index is 422. The van der Waals surface area contributed by atoms with Crippen LogP contribution in [-0.2, 0) is 0 Å². The lowest BCUT2D eigenvalue weighted by Crippen LogP contribution is -2.54. The van der Waals surface area contributed by atoms with E-state index in [1.165, 1.54) is 6.07 Å². The van der Waals surface area contributed by atoms with E-state index in [0.717, 1.165) is 0 Å². The van der Waals surface area contributed by atoms with E-state index in [9.17, 15) is 19.4 Å². The maximum atomic E-state index is 13.8. The summed E-state index contributed by atoms with van der Waals surface area (Å²) in [6.07, 6.45) is 0.346. The van der Waals surface area contributed by atoms with Crippen molar-refractivity contribution in [2.45, 2.75) is 25.8 Å².